The van der Waals surface area contributed by atoms with E-state index in [2.05, 4.69) is 5.32 Å². The first kappa shape index (κ1) is 23.7. The number of nitrogens with one attached hydrogen (secondary N) is 1. The highest BCUT2D eigenvalue weighted by Crippen LogP contribution is 2.34. The highest BCUT2D eigenvalue weighted by atomic mass is 35.5. The minimum absolute atomic E-state index is 0.122. The molecular weight excluding hydrogens is 460 g/mol. The van der Waals surface area contributed by atoms with Crippen LogP contribution in [-0.2, 0) is 19.6 Å². The molecule has 0 fully saturated rings. The van der Waals surface area contributed by atoms with Crippen molar-refractivity contribution in [2.24, 2.45) is 0 Å². The first-order valence-electron chi connectivity index (χ1n) is 11.0. The van der Waals surface area contributed by atoms with E-state index < -0.39 is 17.6 Å². The molecule has 0 amide bonds. The van der Waals surface area contributed by atoms with Crippen LogP contribution in [0.4, 0.5) is 11.5 Å². The third kappa shape index (κ3) is 4.62. The van der Waals surface area contributed by atoms with E-state index in [0.29, 0.717) is 47.5 Å². The summed E-state index contributed by atoms with van der Waals surface area (Å²) in [5, 5.41) is 13.1. The average molecular weight is 487 g/mol. The number of rotatable bonds is 9. The van der Waals surface area contributed by atoms with Gasteiger partial charge in [0.15, 0.2) is 0 Å². The van der Waals surface area contributed by atoms with Crippen molar-refractivity contribution in [1.82, 2.24) is 9.13 Å². The highest BCUT2D eigenvalue weighted by molar-refractivity contribution is 6.30. The Hall–Kier alpha value is -3.43. The Bertz CT molecular complexity index is 1270. The van der Waals surface area contributed by atoms with Gasteiger partial charge in [-0.2, -0.15) is 0 Å². The molecule has 0 saturated carbocycles. The molecule has 2 heterocycles. The van der Waals surface area contributed by atoms with Gasteiger partial charge in [-0.05, 0) is 43.2 Å². The fourth-order valence-corrected chi connectivity index (χ4v) is 4.09. The number of benzene rings is 2. The minimum atomic E-state index is -0.753. The van der Waals surface area contributed by atoms with Gasteiger partial charge in [-0.3, -0.25) is 13.9 Å². The number of halogens is 1. The van der Waals surface area contributed by atoms with Crippen LogP contribution in [0.15, 0.2) is 58.1 Å². The van der Waals surface area contributed by atoms with E-state index in [1.807, 2.05) is 31.2 Å². The Labute approximate surface area is 201 Å². The summed E-state index contributed by atoms with van der Waals surface area (Å²) in [4.78, 5) is 28.3. The second-order valence-corrected chi connectivity index (χ2v) is 8.24. The van der Waals surface area contributed by atoms with Gasteiger partial charge in [0.2, 0.25) is 0 Å². The molecule has 1 aromatic heterocycles. The maximum atomic E-state index is 13.5. The van der Waals surface area contributed by atoms with Gasteiger partial charge < -0.3 is 24.8 Å². The van der Waals surface area contributed by atoms with E-state index in [4.69, 9.17) is 21.1 Å². The van der Waals surface area contributed by atoms with Gasteiger partial charge in [0.05, 0.1) is 7.11 Å². The number of anilines is 2. The van der Waals surface area contributed by atoms with E-state index in [0.717, 1.165) is 5.56 Å². The van der Waals surface area contributed by atoms with Crippen molar-refractivity contribution in [3.05, 3.63) is 80.0 Å². The molecule has 9 nitrogen and oxygen atoms in total. The molecule has 2 N–H and O–H groups in total. The quantitative estimate of drug-likeness (QED) is 0.480. The van der Waals surface area contributed by atoms with Crippen LogP contribution in [0, 0.1) is 0 Å². The Balaban J connectivity index is 1.81. The lowest BCUT2D eigenvalue weighted by Crippen LogP contribution is -2.43. The molecule has 0 radical (unpaired) electrons. The maximum absolute atomic E-state index is 13.5. The lowest BCUT2D eigenvalue weighted by molar-refractivity contribution is 0.226. The highest BCUT2D eigenvalue weighted by Gasteiger charge is 2.37. The fourth-order valence-electron chi connectivity index (χ4n) is 3.97. The summed E-state index contributed by atoms with van der Waals surface area (Å²) in [7, 11) is 1.57. The number of aromatic nitrogens is 2. The zero-order valence-corrected chi connectivity index (χ0v) is 19.8. The van der Waals surface area contributed by atoms with Crippen LogP contribution in [0.2, 0.25) is 5.02 Å². The summed E-state index contributed by atoms with van der Waals surface area (Å²) < 4.78 is 14.2. The summed E-state index contributed by atoms with van der Waals surface area (Å²) in [5.74, 6) is 1.57. The lowest BCUT2D eigenvalue weighted by atomic mass is 10.2. The molecule has 180 valence electrons. The minimum Gasteiger partial charge on any atom is -0.497 e. The summed E-state index contributed by atoms with van der Waals surface area (Å²) in [6, 6.07) is 14.5. The summed E-state index contributed by atoms with van der Waals surface area (Å²) >= 11 is 6.05. The topological polar surface area (TPSA) is 98.0 Å². The van der Waals surface area contributed by atoms with Gasteiger partial charge >= 0.3 is 5.69 Å². The average Bonchev–Trinajstić information content (AvgIpc) is 3.18. The van der Waals surface area contributed by atoms with Crippen molar-refractivity contribution in [2.45, 2.75) is 39.3 Å². The number of nitrogens with zero attached hydrogens (tertiary/aromatic N) is 3. The van der Waals surface area contributed by atoms with Crippen molar-refractivity contribution in [3.8, 4) is 11.5 Å². The van der Waals surface area contributed by atoms with Crippen LogP contribution >= 0.6 is 11.6 Å². The predicted octanol–water partition coefficient (Wildman–Crippen LogP) is 2.87. The fraction of sp³-hybridized carbons (Fsp3) is 0.333. The predicted molar refractivity (Wildman–Crippen MR) is 131 cm³/mol. The summed E-state index contributed by atoms with van der Waals surface area (Å²) in [6.45, 7) is 2.53. The number of aliphatic hydroxyl groups is 1. The van der Waals surface area contributed by atoms with Gasteiger partial charge in [-0.1, -0.05) is 29.8 Å². The Morgan fingerprint density at radius 1 is 1.09 bits per heavy atom. The largest absolute Gasteiger partial charge is 0.497 e. The lowest BCUT2D eigenvalue weighted by Gasteiger charge is -2.26. The monoisotopic (exact) mass is 486 g/mol. The van der Waals surface area contributed by atoms with Gasteiger partial charge in [0.1, 0.15) is 23.0 Å². The van der Waals surface area contributed by atoms with Crippen LogP contribution in [0.5, 0.6) is 11.5 Å². The zero-order chi connectivity index (χ0) is 24.2. The molecule has 4 rings (SSSR count). The van der Waals surface area contributed by atoms with Crippen LogP contribution in [0.1, 0.15) is 18.9 Å². The third-order valence-corrected chi connectivity index (χ3v) is 5.90. The van der Waals surface area contributed by atoms with Gasteiger partial charge in [0, 0.05) is 37.3 Å². The van der Waals surface area contributed by atoms with Crippen LogP contribution in [0.3, 0.4) is 0 Å². The molecular formula is C24H27ClN4O5. The van der Waals surface area contributed by atoms with Gasteiger partial charge in [-0.15, -0.1) is 0 Å². The molecule has 34 heavy (non-hydrogen) atoms. The number of hydrogen-bond acceptors (Lipinski definition) is 7. The van der Waals surface area contributed by atoms with E-state index in [9.17, 15) is 14.7 Å². The van der Waals surface area contributed by atoms with Crippen molar-refractivity contribution < 1.29 is 14.6 Å². The molecule has 3 aromatic rings. The first-order valence-corrected chi connectivity index (χ1v) is 11.4. The molecule has 0 saturated heterocycles. The van der Waals surface area contributed by atoms with E-state index in [1.54, 1.807) is 36.3 Å². The number of methoxy groups -OCH3 is 1. The Morgan fingerprint density at radius 3 is 2.50 bits per heavy atom. The van der Waals surface area contributed by atoms with E-state index in [1.165, 1.54) is 9.13 Å². The molecule has 1 atom stereocenters. The van der Waals surface area contributed by atoms with Crippen molar-refractivity contribution in [2.75, 3.05) is 23.9 Å². The standard InChI is InChI=1S/C24H27ClN4O5/c1-3-27-21-20(22(31)28(24(27)32)12-5-13-30)29(15-16-8-10-17(25)11-9-16)23(26-21)34-19-7-4-6-18(14-19)33-2/h4,6-11,14,23,26,30H,3,5,12-13,15H2,1-2H3. The normalized spacial score (nSPS) is 14.6. The van der Waals surface area contributed by atoms with Gasteiger partial charge in [-0.25, -0.2) is 4.79 Å². The molecule has 2 aromatic carbocycles. The van der Waals surface area contributed by atoms with Gasteiger partial charge in [0.25, 0.3) is 11.9 Å². The second kappa shape index (κ2) is 10.2. The smallest absolute Gasteiger partial charge is 0.332 e. The number of aliphatic hydroxyl groups excluding tert-OH is 1. The molecule has 10 heteroatoms. The van der Waals surface area contributed by atoms with E-state index >= 15 is 0 Å². The Kier molecular flexibility index (Phi) is 7.14. The number of ether oxygens (including phenoxy) is 2. The van der Waals surface area contributed by atoms with Crippen molar-refractivity contribution in [1.29, 1.82) is 0 Å². The maximum Gasteiger partial charge on any atom is 0.332 e. The summed E-state index contributed by atoms with van der Waals surface area (Å²) in [5.41, 5.74) is 0.383. The summed E-state index contributed by atoms with van der Waals surface area (Å²) in [6.07, 6.45) is -0.456. The second-order valence-electron chi connectivity index (χ2n) is 7.81. The van der Waals surface area contributed by atoms with Crippen LogP contribution < -0.4 is 30.9 Å². The molecule has 1 aliphatic heterocycles. The molecule has 1 unspecified atom stereocenters. The number of fused-ring (bicyclic) bond motifs is 1. The van der Waals surface area contributed by atoms with Crippen LogP contribution in [-0.4, -0.2) is 34.3 Å². The number of hydrogen-bond donors (Lipinski definition) is 2. The zero-order valence-electron chi connectivity index (χ0n) is 19.0. The molecule has 0 aliphatic carbocycles. The van der Waals surface area contributed by atoms with E-state index in [-0.39, 0.29) is 13.2 Å². The SMILES string of the molecule is CCn1c2c(c(=O)n(CCCO)c1=O)N(Cc1ccc(Cl)cc1)C(Oc1cccc(OC)c1)N2. The molecule has 0 spiro atoms. The van der Waals surface area contributed by atoms with Crippen LogP contribution in [0.25, 0.3) is 0 Å². The molecule has 1 aliphatic rings. The van der Waals surface area contributed by atoms with Crippen molar-refractivity contribution >= 4 is 23.1 Å². The van der Waals surface area contributed by atoms with Crippen molar-refractivity contribution in [3.63, 3.8) is 0 Å². The molecule has 0 bridgehead atoms. The Morgan fingerprint density at radius 2 is 1.82 bits per heavy atom. The first-order chi connectivity index (χ1) is 16.5. The third-order valence-electron chi connectivity index (χ3n) is 5.65.